The summed E-state index contributed by atoms with van der Waals surface area (Å²) in [5.74, 6) is -1.64. The molecule has 9 nitrogen and oxygen atoms in total. The van der Waals surface area contributed by atoms with Gasteiger partial charge in [0.15, 0.2) is 0 Å². The minimum absolute atomic E-state index is 0.0866. The minimum Gasteiger partial charge on any atom is -0.478 e. The summed E-state index contributed by atoms with van der Waals surface area (Å²) < 4.78 is 25.9. The van der Waals surface area contributed by atoms with Crippen molar-refractivity contribution in [1.29, 1.82) is 0 Å². The first kappa shape index (κ1) is 19.6. The molecular weight excluding hydrogens is 360 g/mol. The number of hydrogen-bond acceptors (Lipinski definition) is 5. The van der Waals surface area contributed by atoms with Gasteiger partial charge >= 0.3 is 5.97 Å². The van der Waals surface area contributed by atoms with E-state index in [-0.39, 0.29) is 17.9 Å². The topological polar surface area (TPSA) is 122 Å². The zero-order chi connectivity index (χ0) is 19.5. The van der Waals surface area contributed by atoms with Crippen molar-refractivity contribution in [2.24, 2.45) is 0 Å². The van der Waals surface area contributed by atoms with Crippen LogP contribution in [0.4, 0.5) is 5.69 Å². The van der Waals surface area contributed by atoms with Gasteiger partial charge in [-0.1, -0.05) is 6.07 Å². The first-order chi connectivity index (χ1) is 12.2. The number of aromatic carboxylic acids is 1. The number of carboxylic acids is 1. The fourth-order valence-corrected chi connectivity index (χ4v) is 3.07. The summed E-state index contributed by atoms with van der Waals surface area (Å²) in [5.41, 5.74) is 1.56. The normalized spacial score (nSPS) is 11.5. The molecule has 1 aromatic carbocycles. The number of hydrogen-bond donors (Lipinski definition) is 2. The molecule has 0 aliphatic heterocycles. The van der Waals surface area contributed by atoms with Crippen LogP contribution in [0.1, 0.15) is 23.0 Å². The van der Waals surface area contributed by atoms with Gasteiger partial charge in [-0.05, 0) is 32.0 Å². The summed E-state index contributed by atoms with van der Waals surface area (Å²) in [7, 11) is -2.10. The van der Waals surface area contributed by atoms with Gasteiger partial charge in [-0.3, -0.25) is 4.79 Å². The fourth-order valence-electron chi connectivity index (χ4n) is 2.32. The van der Waals surface area contributed by atoms with Crippen molar-refractivity contribution in [3.63, 3.8) is 0 Å². The van der Waals surface area contributed by atoms with Gasteiger partial charge in [0, 0.05) is 12.7 Å². The first-order valence-electron chi connectivity index (χ1n) is 7.78. The second-order valence-electron chi connectivity index (χ2n) is 5.62. The van der Waals surface area contributed by atoms with Crippen LogP contribution in [-0.2, 0) is 14.8 Å². The van der Waals surface area contributed by atoms with E-state index in [4.69, 9.17) is 5.11 Å². The van der Waals surface area contributed by atoms with Crippen LogP contribution < -0.4 is 5.32 Å². The number of carboxylic acid groups (broad SMARTS) is 1. The smallest absolute Gasteiger partial charge is 0.339 e. The second-order valence-corrected chi connectivity index (χ2v) is 7.98. The van der Waals surface area contributed by atoms with Crippen LogP contribution >= 0.6 is 0 Å². The average molecular weight is 380 g/mol. The van der Waals surface area contributed by atoms with E-state index in [1.165, 1.54) is 24.9 Å². The molecule has 0 saturated heterocycles. The number of sulfonamides is 1. The first-order valence-corrected chi connectivity index (χ1v) is 9.39. The van der Waals surface area contributed by atoms with E-state index in [0.29, 0.717) is 17.1 Å². The van der Waals surface area contributed by atoms with Crippen LogP contribution in [0.5, 0.6) is 0 Å². The maximum atomic E-state index is 12.1. The third-order valence-corrected chi connectivity index (χ3v) is 5.63. The van der Waals surface area contributed by atoms with Crippen LogP contribution in [-0.4, -0.2) is 58.8 Å². The van der Waals surface area contributed by atoms with E-state index in [1.54, 1.807) is 31.2 Å². The molecule has 0 spiro atoms. The van der Waals surface area contributed by atoms with Crippen molar-refractivity contribution >= 4 is 27.6 Å². The Morgan fingerprint density at radius 2 is 2.04 bits per heavy atom. The summed E-state index contributed by atoms with van der Waals surface area (Å²) in [4.78, 5) is 23.2. The van der Waals surface area contributed by atoms with Gasteiger partial charge in [0.05, 0.1) is 29.9 Å². The molecule has 26 heavy (non-hydrogen) atoms. The predicted octanol–water partition coefficient (Wildman–Crippen LogP) is 1.10. The lowest BCUT2D eigenvalue weighted by Crippen LogP contribution is -2.35. The number of nitrogens with one attached hydrogen (secondary N) is 1. The highest BCUT2D eigenvalue weighted by Crippen LogP contribution is 2.18. The minimum atomic E-state index is -3.44. The lowest BCUT2D eigenvalue weighted by molar-refractivity contribution is -0.116. The fraction of sp³-hybridized carbons (Fsp3) is 0.312. The van der Waals surface area contributed by atoms with Gasteiger partial charge in [-0.25, -0.2) is 17.9 Å². The highest BCUT2D eigenvalue weighted by Gasteiger charge is 2.18. The molecule has 0 aliphatic carbocycles. The molecule has 140 valence electrons. The Morgan fingerprint density at radius 3 is 2.62 bits per heavy atom. The van der Waals surface area contributed by atoms with Gasteiger partial charge < -0.3 is 10.4 Å². The number of aromatic nitrogens is 2. The molecule has 0 saturated carbocycles. The number of nitrogens with zero attached hydrogens (tertiary/aromatic N) is 3. The largest absolute Gasteiger partial charge is 0.478 e. The van der Waals surface area contributed by atoms with Crippen LogP contribution in [0.3, 0.4) is 0 Å². The molecular formula is C16H20N4O5S. The molecule has 2 aromatic rings. The molecule has 1 amide bonds. The third-order valence-electron chi connectivity index (χ3n) is 3.82. The molecule has 0 atom stereocenters. The maximum absolute atomic E-state index is 12.1. The highest BCUT2D eigenvalue weighted by atomic mass is 32.2. The van der Waals surface area contributed by atoms with E-state index < -0.39 is 21.9 Å². The Morgan fingerprint density at radius 1 is 1.35 bits per heavy atom. The summed E-state index contributed by atoms with van der Waals surface area (Å²) in [6, 6.07) is 6.67. The Balaban J connectivity index is 2.17. The molecule has 2 N–H and O–H groups in total. The number of benzene rings is 1. The lowest BCUT2D eigenvalue weighted by atomic mass is 10.2. The van der Waals surface area contributed by atoms with Crippen LogP contribution in [0.2, 0.25) is 0 Å². The van der Waals surface area contributed by atoms with E-state index in [2.05, 4.69) is 10.4 Å². The van der Waals surface area contributed by atoms with E-state index in [9.17, 15) is 18.0 Å². The molecule has 10 heteroatoms. The second kappa shape index (κ2) is 7.67. The number of carbonyl (C=O) groups excluding carboxylic acids is 1. The highest BCUT2D eigenvalue weighted by molar-refractivity contribution is 7.89. The van der Waals surface area contributed by atoms with E-state index in [0.717, 1.165) is 4.31 Å². The van der Waals surface area contributed by atoms with Gasteiger partial charge in [-0.2, -0.15) is 9.40 Å². The van der Waals surface area contributed by atoms with Crippen LogP contribution in [0, 0.1) is 6.92 Å². The molecule has 0 radical (unpaired) electrons. The van der Waals surface area contributed by atoms with Crippen molar-refractivity contribution in [2.75, 3.05) is 24.7 Å². The quantitative estimate of drug-likeness (QED) is 0.742. The zero-order valence-corrected chi connectivity index (χ0v) is 15.4. The third kappa shape index (κ3) is 4.27. The summed E-state index contributed by atoms with van der Waals surface area (Å²) in [6.07, 6.45) is 1.26. The molecule has 0 aliphatic rings. The van der Waals surface area contributed by atoms with Crippen LogP contribution in [0.15, 0.2) is 30.5 Å². The molecule has 0 bridgehead atoms. The molecule has 0 unspecified atom stereocenters. The van der Waals surface area contributed by atoms with Gasteiger partial charge in [-0.15, -0.1) is 0 Å². The van der Waals surface area contributed by atoms with Gasteiger partial charge in [0.2, 0.25) is 15.9 Å². The Labute approximate surface area is 151 Å². The van der Waals surface area contributed by atoms with Gasteiger partial charge in [0.1, 0.15) is 5.56 Å². The standard InChI is InChI=1S/C16H20N4O5S/c1-4-26(24,25)19(3)10-15(21)18-12-6-5-7-13(8-12)20-11(2)14(9-17-20)16(22)23/h5-9H,4,10H2,1-3H3,(H,18,21)(H,22,23). The van der Waals surface area contributed by atoms with E-state index >= 15 is 0 Å². The predicted molar refractivity (Wildman–Crippen MR) is 96.0 cm³/mol. The number of anilines is 1. The zero-order valence-electron chi connectivity index (χ0n) is 14.6. The molecule has 2 rings (SSSR count). The summed E-state index contributed by atoms with van der Waals surface area (Å²) in [5, 5.41) is 15.8. The lowest BCUT2D eigenvalue weighted by Gasteiger charge is -2.15. The number of likely N-dealkylation sites (N-methyl/N-ethyl adjacent to an activating group) is 1. The van der Waals surface area contributed by atoms with Crippen molar-refractivity contribution in [3.8, 4) is 5.69 Å². The molecule has 0 fully saturated rings. The summed E-state index contributed by atoms with van der Waals surface area (Å²) >= 11 is 0. The van der Waals surface area contributed by atoms with Crippen molar-refractivity contribution in [2.45, 2.75) is 13.8 Å². The average Bonchev–Trinajstić information content (AvgIpc) is 2.96. The van der Waals surface area contributed by atoms with Crippen molar-refractivity contribution in [3.05, 3.63) is 41.7 Å². The monoisotopic (exact) mass is 380 g/mol. The Hall–Kier alpha value is -2.72. The van der Waals surface area contributed by atoms with Crippen molar-refractivity contribution < 1.29 is 23.1 Å². The molecule has 1 aromatic heterocycles. The molecule has 1 heterocycles. The van der Waals surface area contributed by atoms with Gasteiger partial charge in [0.25, 0.3) is 0 Å². The number of carbonyl (C=O) groups is 2. The van der Waals surface area contributed by atoms with Crippen LogP contribution in [0.25, 0.3) is 5.69 Å². The van der Waals surface area contributed by atoms with Crippen molar-refractivity contribution in [1.82, 2.24) is 14.1 Å². The maximum Gasteiger partial charge on any atom is 0.339 e. The Kier molecular flexibility index (Phi) is 5.78. The summed E-state index contributed by atoms with van der Waals surface area (Å²) in [6.45, 7) is 2.83. The Bertz CT molecular complexity index is 936. The SMILES string of the molecule is CCS(=O)(=O)N(C)CC(=O)Nc1cccc(-n2ncc(C(=O)O)c2C)c1. The van der Waals surface area contributed by atoms with E-state index in [1.807, 2.05) is 0 Å². The number of amides is 1. The number of rotatable bonds is 7.